The number of aliphatic hydroxyl groups is 2. The first kappa shape index (κ1) is 38.0. The first-order chi connectivity index (χ1) is 19.8. The topological polar surface area (TPSA) is 115 Å². The van der Waals surface area contributed by atoms with Crippen LogP contribution < -0.4 is 4.74 Å². The van der Waals surface area contributed by atoms with E-state index in [1.807, 2.05) is 11.8 Å². The summed E-state index contributed by atoms with van der Waals surface area (Å²) in [6.07, 6.45) is 0.903. The lowest BCUT2D eigenvalue weighted by Gasteiger charge is -2.30. The smallest absolute Gasteiger partial charge is 0.123 e. The SMILES string of the molecule is COCCCOCCOCCOCCOCCN(C)CCSC(C)(C)CN(C)CCOc1cc(CO)nc(CO)c1. The van der Waals surface area contributed by atoms with Crippen LogP contribution in [0.1, 0.15) is 31.7 Å². The average molecular weight is 606 g/mol. The van der Waals surface area contributed by atoms with Crippen LogP contribution in [0.5, 0.6) is 5.75 Å². The molecule has 0 fully saturated rings. The molecule has 240 valence electrons. The molecule has 0 spiro atoms. The number of aliphatic hydroxyl groups excluding tert-OH is 2. The normalized spacial score (nSPS) is 12.1. The fourth-order valence-electron chi connectivity index (χ4n) is 3.84. The van der Waals surface area contributed by atoms with E-state index in [0.29, 0.717) is 76.6 Å². The fraction of sp³-hybridized carbons (Fsp3) is 0.828. The van der Waals surface area contributed by atoms with Gasteiger partial charge < -0.3 is 48.4 Å². The molecule has 0 saturated carbocycles. The lowest BCUT2D eigenvalue weighted by Crippen LogP contribution is -2.37. The van der Waals surface area contributed by atoms with Gasteiger partial charge in [-0.3, -0.25) is 4.98 Å². The van der Waals surface area contributed by atoms with Crippen molar-refractivity contribution in [2.75, 3.05) is 119 Å². The highest BCUT2D eigenvalue weighted by Gasteiger charge is 2.20. The van der Waals surface area contributed by atoms with Gasteiger partial charge in [-0.2, -0.15) is 11.8 Å². The third-order valence-electron chi connectivity index (χ3n) is 5.96. The monoisotopic (exact) mass is 605 g/mol. The third-order valence-corrected chi connectivity index (χ3v) is 7.25. The summed E-state index contributed by atoms with van der Waals surface area (Å²) < 4.78 is 33.1. The molecule has 0 aliphatic carbocycles. The molecule has 0 atom stereocenters. The molecule has 0 saturated heterocycles. The Morgan fingerprint density at radius 2 is 1.27 bits per heavy atom. The lowest BCUT2D eigenvalue weighted by atomic mass is 10.2. The van der Waals surface area contributed by atoms with E-state index in [1.54, 1.807) is 19.2 Å². The Labute approximate surface area is 251 Å². The Morgan fingerprint density at radius 3 is 1.83 bits per heavy atom. The van der Waals surface area contributed by atoms with Gasteiger partial charge in [0.2, 0.25) is 0 Å². The Kier molecular flexibility index (Phi) is 22.6. The van der Waals surface area contributed by atoms with Crippen molar-refractivity contribution in [2.45, 2.75) is 38.2 Å². The summed E-state index contributed by atoms with van der Waals surface area (Å²) in [7, 11) is 5.91. The highest BCUT2D eigenvalue weighted by atomic mass is 32.2. The Morgan fingerprint density at radius 1 is 0.732 bits per heavy atom. The summed E-state index contributed by atoms with van der Waals surface area (Å²) >= 11 is 1.97. The van der Waals surface area contributed by atoms with Crippen molar-refractivity contribution in [3.8, 4) is 5.75 Å². The van der Waals surface area contributed by atoms with Crippen LogP contribution in [0, 0.1) is 0 Å². The number of thioether (sulfide) groups is 1. The first-order valence-electron chi connectivity index (χ1n) is 14.4. The summed E-state index contributed by atoms with van der Waals surface area (Å²) in [5.41, 5.74) is 0.985. The van der Waals surface area contributed by atoms with Crippen molar-refractivity contribution in [1.82, 2.24) is 14.8 Å². The second kappa shape index (κ2) is 24.4. The van der Waals surface area contributed by atoms with E-state index in [1.165, 1.54) is 0 Å². The Balaban J connectivity index is 2.01. The van der Waals surface area contributed by atoms with Gasteiger partial charge in [0.1, 0.15) is 12.4 Å². The van der Waals surface area contributed by atoms with Gasteiger partial charge in [0.25, 0.3) is 0 Å². The third kappa shape index (κ3) is 21.3. The molecule has 0 amide bonds. The zero-order valence-corrected chi connectivity index (χ0v) is 26.8. The van der Waals surface area contributed by atoms with Crippen LogP contribution in [0.15, 0.2) is 12.1 Å². The number of hydrogen-bond acceptors (Lipinski definition) is 12. The zero-order chi connectivity index (χ0) is 30.2. The molecule has 1 aromatic rings. The number of rotatable bonds is 28. The van der Waals surface area contributed by atoms with Crippen molar-refractivity contribution >= 4 is 11.8 Å². The summed E-state index contributed by atoms with van der Waals surface area (Å²) in [4.78, 5) is 8.69. The lowest BCUT2D eigenvalue weighted by molar-refractivity contribution is -0.00474. The van der Waals surface area contributed by atoms with Crippen molar-refractivity contribution in [3.63, 3.8) is 0 Å². The Bertz CT molecular complexity index is 741. The number of likely N-dealkylation sites (N-methyl/N-ethyl adjacent to an activating group) is 2. The van der Waals surface area contributed by atoms with Gasteiger partial charge in [0.05, 0.1) is 70.8 Å². The molecule has 1 heterocycles. The summed E-state index contributed by atoms with van der Waals surface area (Å²) in [5.74, 6) is 1.66. The summed E-state index contributed by atoms with van der Waals surface area (Å²) in [6, 6.07) is 3.41. The van der Waals surface area contributed by atoms with Crippen LogP contribution in [0.4, 0.5) is 0 Å². The van der Waals surface area contributed by atoms with Gasteiger partial charge in [0.15, 0.2) is 0 Å². The van der Waals surface area contributed by atoms with E-state index in [0.717, 1.165) is 45.0 Å². The van der Waals surface area contributed by atoms with Gasteiger partial charge in [-0.25, -0.2) is 0 Å². The molecule has 2 N–H and O–H groups in total. The van der Waals surface area contributed by atoms with Gasteiger partial charge >= 0.3 is 0 Å². The maximum absolute atomic E-state index is 9.33. The minimum atomic E-state index is -0.183. The van der Waals surface area contributed by atoms with Gasteiger partial charge in [-0.15, -0.1) is 0 Å². The van der Waals surface area contributed by atoms with Crippen LogP contribution in [0.3, 0.4) is 0 Å². The summed E-state index contributed by atoms with van der Waals surface area (Å²) in [6.45, 7) is 13.8. The van der Waals surface area contributed by atoms with Gasteiger partial charge in [0, 0.05) is 69.1 Å². The predicted molar refractivity (Wildman–Crippen MR) is 163 cm³/mol. The molecule has 0 aromatic carbocycles. The average Bonchev–Trinajstić information content (AvgIpc) is 2.94. The molecular weight excluding hydrogens is 550 g/mol. The highest BCUT2D eigenvalue weighted by Crippen LogP contribution is 2.25. The van der Waals surface area contributed by atoms with Crippen molar-refractivity contribution < 1.29 is 38.6 Å². The molecule has 0 bridgehead atoms. The van der Waals surface area contributed by atoms with Crippen molar-refractivity contribution in [1.29, 1.82) is 0 Å². The quantitative estimate of drug-likeness (QED) is 0.136. The predicted octanol–water partition coefficient (Wildman–Crippen LogP) is 1.92. The standard InChI is InChI=1S/C29H55N3O8S/c1-29(2,25-32(4)8-13-40-28-21-26(23-33)30-27(22-28)24-34)41-20-9-31(3)7-12-37-15-17-39-19-18-38-16-14-36-11-6-10-35-5/h21-22,33-34H,6-20,23-25H2,1-5H3. The Hall–Kier alpha value is -1.06. The van der Waals surface area contributed by atoms with E-state index in [2.05, 4.69) is 42.7 Å². The highest BCUT2D eigenvalue weighted by molar-refractivity contribution is 8.00. The van der Waals surface area contributed by atoms with Crippen molar-refractivity contribution in [2.24, 2.45) is 0 Å². The minimum Gasteiger partial charge on any atom is -0.492 e. The van der Waals surface area contributed by atoms with E-state index in [9.17, 15) is 10.2 Å². The number of nitrogens with zero attached hydrogens (tertiary/aromatic N) is 3. The fourth-order valence-corrected chi connectivity index (χ4v) is 5.10. The van der Waals surface area contributed by atoms with Crippen LogP contribution in [-0.2, 0) is 36.9 Å². The number of pyridine rings is 1. The molecule has 0 unspecified atom stereocenters. The number of ether oxygens (including phenoxy) is 6. The van der Waals surface area contributed by atoms with Crippen LogP contribution in [0.25, 0.3) is 0 Å². The van der Waals surface area contributed by atoms with Gasteiger partial charge in [-0.1, -0.05) is 0 Å². The maximum Gasteiger partial charge on any atom is 0.123 e. The molecule has 12 heteroatoms. The largest absolute Gasteiger partial charge is 0.492 e. The number of methoxy groups -OCH3 is 1. The number of hydrogen-bond donors (Lipinski definition) is 2. The zero-order valence-electron chi connectivity index (χ0n) is 26.0. The molecule has 41 heavy (non-hydrogen) atoms. The van der Waals surface area contributed by atoms with Gasteiger partial charge in [-0.05, 0) is 34.4 Å². The van der Waals surface area contributed by atoms with Crippen LogP contribution in [-0.4, -0.2) is 149 Å². The molecule has 0 aliphatic rings. The minimum absolute atomic E-state index is 0.106. The van der Waals surface area contributed by atoms with Crippen LogP contribution >= 0.6 is 11.8 Å². The number of aromatic nitrogens is 1. The van der Waals surface area contributed by atoms with E-state index >= 15 is 0 Å². The second-order valence-electron chi connectivity index (χ2n) is 10.4. The second-order valence-corrected chi connectivity index (χ2v) is 12.2. The molecule has 1 aromatic heterocycles. The molecule has 1 rings (SSSR count). The molecular formula is C29H55N3O8S. The van der Waals surface area contributed by atoms with E-state index in [4.69, 9.17) is 28.4 Å². The molecule has 11 nitrogen and oxygen atoms in total. The van der Waals surface area contributed by atoms with Crippen LogP contribution in [0.2, 0.25) is 0 Å². The van der Waals surface area contributed by atoms with E-state index in [-0.39, 0.29) is 18.0 Å². The molecule has 0 aliphatic heterocycles. The molecule has 0 radical (unpaired) electrons. The maximum atomic E-state index is 9.33. The summed E-state index contributed by atoms with van der Waals surface area (Å²) in [5, 5.41) is 18.7. The first-order valence-corrected chi connectivity index (χ1v) is 15.4. The van der Waals surface area contributed by atoms with Crippen molar-refractivity contribution in [3.05, 3.63) is 23.5 Å². The van der Waals surface area contributed by atoms with E-state index < -0.39 is 0 Å².